The minimum absolute atomic E-state index is 0.429. The van der Waals surface area contributed by atoms with E-state index in [0.29, 0.717) is 13.1 Å². The molecule has 1 heterocycles. The summed E-state index contributed by atoms with van der Waals surface area (Å²) in [4.78, 5) is 14.9. The van der Waals surface area contributed by atoms with Crippen molar-refractivity contribution in [3.63, 3.8) is 0 Å². The Morgan fingerprint density at radius 2 is 2.27 bits per heavy atom. The van der Waals surface area contributed by atoms with Gasteiger partial charge < -0.3 is 10.4 Å². The quantitative estimate of drug-likeness (QED) is 0.765. The Labute approximate surface area is 89.3 Å². The molecule has 0 unspecified atom stereocenters. The van der Waals surface area contributed by atoms with Crippen molar-refractivity contribution in [2.45, 2.75) is 20.4 Å². The second-order valence-electron chi connectivity index (χ2n) is 4.11. The van der Waals surface area contributed by atoms with Gasteiger partial charge in [-0.2, -0.15) is 0 Å². The van der Waals surface area contributed by atoms with E-state index < -0.39 is 11.4 Å². The normalized spacial score (nSPS) is 11.3. The van der Waals surface area contributed by atoms with Gasteiger partial charge >= 0.3 is 5.97 Å². The first-order valence-electron chi connectivity index (χ1n) is 4.86. The highest BCUT2D eigenvalue weighted by Crippen LogP contribution is 2.13. The van der Waals surface area contributed by atoms with Crippen molar-refractivity contribution in [1.82, 2.24) is 10.3 Å². The van der Waals surface area contributed by atoms with Crippen molar-refractivity contribution < 1.29 is 9.90 Å². The minimum Gasteiger partial charge on any atom is -0.481 e. The van der Waals surface area contributed by atoms with Gasteiger partial charge in [-0.05, 0) is 26.0 Å². The van der Waals surface area contributed by atoms with Gasteiger partial charge in [-0.25, -0.2) is 0 Å². The predicted molar refractivity (Wildman–Crippen MR) is 57.4 cm³/mol. The van der Waals surface area contributed by atoms with E-state index in [2.05, 4.69) is 10.3 Å². The van der Waals surface area contributed by atoms with Crippen LogP contribution < -0.4 is 5.32 Å². The topological polar surface area (TPSA) is 62.2 Å². The molecule has 0 saturated carbocycles. The van der Waals surface area contributed by atoms with Crippen molar-refractivity contribution in [3.05, 3.63) is 30.1 Å². The van der Waals surface area contributed by atoms with Gasteiger partial charge in [-0.1, -0.05) is 6.07 Å². The van der Waals surface area contributed by atoms with Crippen LogP contribution in [-0.4, -0.2) is 22.6 Å². The molecule has 0 saturated heterocycles. The molecule has 1 rings (SSSR count). The van der Waals surface area contributed by atoms with Crippen LogP contribution in [-0.2, 0) is 11.3 Å². The lowest BCUT2D eigenvalue weighted by Gasteiger charge is -2.19. The lowest BCUT2D eigenvalue weighted by molar-refractivity contribution is -0.146. The average molecular weight is 208 g/mol. The number of carbonyl (C=O) groups is 1. The number of hydrogen-bond acceptors (Lipinski definition) is 3. The Kier molecular flexibility index (Phi) is 3.80. The maximum atomic E-state index is 10.8. The first kappa shape index (κ1) is 11.7. The molecule has 0 aliphatic rings. The standard InChI is InChI=1S/C11H16N2O2/c1-11(2,10(14)15)8-12-7-9-5-3-4-6-13-9/h3-6,12H,7-8H2,1-2H3,(H,14,15). The van der Waals surface area contributed by atoms with Crippen LogP contribution in [0.25, 0.3) is 0 Å². The number of pyridine rings is 1. The molecular weight excluding hydrogens is 192 g/mol. The van der Waals surface area contributed by atoms with Crippen LogP contribution in [0.2, 0.25) is 0 Å². The van der Waals surface area contributed by atoms with Gasteiger partial charge in [0.1, 0.15) is 0 Å². The maximum absolute atomic E-state index is 10.8. The largest absolute Gasteiger partial charge is 0.481 e. The monoisotopic (exact) mass is 208 g/mol. The van der Waals surface area contributed by atoms with Crippen molar-refractivity contribution in [2.75, 3.05) is 6.54 Å². The first-order valence-corrected chi connectivity index (χ1v) is 4.86. The number of carboxylic acids is 1. The highest BCUT2D eigenvalue weighted by molar-refractivity contribution is 5.73. The van der Waals surface area contributed by atoms with Gasteiger partial charge in [0.05, 0.1) is 11.1 Å². The smallest absolute Gasteiger partial charge is 0.310 e. The van der Waals surface area contributed by atoms with Gasteiger partial charge in [0.25, 0.3) is 0 Å². The third-order valence-electron chi connectivity index (χ3n) is 2.18. The molecule has 0 fully saturated rings. The fourth-order valence-electron chi connectivity index (χ4n) is 1.08. The lowest BCUT2D eigenvalue weighted by Crippen LogP contribution is -2.35. The van der Waals surface area contributed by atoms with Crippen LogP contribution in [0.15, 0.2) is 24.4 Å². The molecule has 0 amide bonds. The molecule has 15 heavy (non-hydrogen) atoms. The van der Waals surface area contributed by atoms with E-state index in [0.717, 1.165) is 5.69 Å². The maximum Gasteiger partial charge on any atom is 0.310 e. The second kappa shape index (κ2) is 4.89. The number of hydrogen-bond donors (Lipinski definition) is 2. The summed E-state index contributed by atoms with van der Waals surface area (Å²) in [5, 5.41) is 12.0. The SMILES string of the molecule is CC(C)(CNCc1ccccn1)C(=O)O. The fraction of sp³-hybridized carbons (Fsp3) is 0.455. The summed E-state index contributed by atoms with van der Waals surface area (Å²) in [7, 11) is 0. The summed E-state index contributed by atoms with van der Waals surface area (Å²) in [6, 6.07) is 5.66. The summed E-state index contributed by atoms with van der Waals surface area (Å²) in [6.45, 7) is 4.41. The van der Waals surface area contributed by atoms with E-state index in [1.54, 1.807) is 20.0 Å². The Morgan fingerprint density at radius 3 is 2.80 bits per heavy atom. The summed E-state index contributed by atoms with van der Waals surface area (Å²) >= 11 is 0. The van der Waals surface area contributed by atoms with Crippen LogP contribution in [0.5, 0.6) is 0 Å². The number of nitrogens with one attached hydrogen (secondary N) is 1. The van der Waals surface area contributed by atoms with E-state index in [4.69, 9.17) is 5.11 Å². The Bertz CT molecular complexity index is 323. The van der Waals surface area contributed by atoms with Crippen LogP contribution in [0.3, 0.4) is 0 Å². The molecule has 0 aromatic carbocycles. The van der Waals surface area contributed by atoms with E-state index in [1.165, 1.54) is 0 Å². The molecule has 4 heteroatoms. The first-order chi connectivity index (χ1) is 7.02. The zero-order valence-corrected chi connectivity index (χ0v) is 9.03. The lowest BCUT2D eigenvalue weighted by atomic mass is 9.94. The Morgan fingerprint density at radius 1 is 1.53 bits per heavy atom. The predicted octanol–water partition coefficient (Wildman–Crippen LogP) is 1.28. The number of carboxylic acid groups (broad SMARTS) is 1. The molecule has 0 radical (unpaired) electrons. The number of aromatic nitrogens is 1. The van der Waals surface area contributed by atoms with Crippen molar-refractivity contribution in [3.8, 4) is 0 Å². The van der Waals surface area contributed by atoms with Gasteiger partial charge in [0.15, 0.2) is 0 Å². The third-order valence-corrected chi connectivity index (χ3v) is 2.18. The number of aliphatic carboxylic acids is 1. The molecule has 0 aliphatic carbocycles. The zero-order chi connectivity index (χ0) is 11.3. The van der Waals surface area contributed by atoms with E-state index in [9.17, 15) is 4.79 Å². The molecule has 1 aromatic heterocycles. The molecule has 1 aromatic rings. The van der Waals surface area contributed by atoms with Crippen LogP contribution in [0.4, 0.5) is 0 Å². The summed E-state index contributed by atoms with van der Waals surface area (Å²) in [6.07, 6.45) is 1.72. The van der Waals surface area contributed by atoms with Crippen molar-refractivity contribution in [1.29, 1.82) is 0 Å². The summed E-state index contributed by atoms with van der Waals surface area (Å²) < 4.78 is 0. The number of nitrogens with zero attached hydrogens (tertiary/aromatic N) is 1. The second-order valence-corrected chi connectivity index (χ2v) is 4.11. The minimum atomic E-state index is -0.795. The molecule has 82 valence electrons. The molecule has 4 nitrogen and oxygen atoms in total. The van der Waals surface area contributed by atoms with E-state index in [-0.39, 0.29) is 0 Å². The van der Waals surface area contributed by atoms with E-state index in [1.807, 2.05) is 18.2 Å². The highest BCUT2D eigenvalue weighted by atomic mass is 16.4. The van der Waals surface area contributed by atoms with Crippen LogP contribution in [0.1, 0.15) is 19.5 Å². The van der Waals surface area contributed by atoms with E-state index >= 15 is 0 Å². The number of rotatable bonds is 5. The van der Waals surface area contributed by atoms with Crippen LogP contribution in [0, 0.1) is 5.41 Å². The summed E-state index contributed by atoms with van der Waals surface area (Å²) in [5.74, 6) is -0.795. The van der Waals surface area contributed by atoms with Crippen molar-refractivity contribution in [2.24, 2.45) is 5.41 Å². The summed E-state index contributed by atoms with van der Waals surface area (Å²) in [5.41, 5.74) is 0.174. The van der Waals surface area contributed by atoms with Crippen LogP contribution >= 0.6 is 0 Å². The third kappa shape index (κ3) is 3.67. The van der Waals surface area contributed by atoms with Crippen molar-refractivity contribution >= 4 is 5.97 Å². The highest BCUT2D eigenvalue weighted by Gasteiger charge is 2.26. The van der Waals surface area contributed by atoms with Gasteiger partial charge in [-0.15, -0.1) is 0 Å². The average Bonchev–Trinajstić information content (AvgIpc) is 2.19. The molecule has 0 atom stereocenters. The van der Waals surface area contributed by atoms with Gasteiger partial charge in [-0.3, -0.25) is 9.78 Å². The molecule has 0 aliphatic heterocycles. The van der Waals surface area contributed by atoms with Gasteiger partial charge in [0.2, 0.25) is 0 Å². The molecular formula is C11H16N2O2. The zero-order valence-electron chi connectivity index (χ0n) is 9.03. The Balaban J connectivity index is 2.37. The molecule has 2 N–H and O–H groups in total. The Hall–Kier alpha value is -1.42. The molecule has 0 bridgehead atoms. The molecule has 0 spiro atoms. The fourth-order valence-corrected chi connectivity index (χ4v) is 1.08. The van der Waals surface area contributed by atoms with Gasteiger partial charge in [0, 0.05) is 19.3 Å².